The number of halogens is 4. The topological polar surface area (TPSA) is 177 Å². The number of carbonyl (C=O) groups is 1. The van der Waals surface area contributed by atoms with Crippen molar-refractivity contribution in [1.29, 1.82) is 0 Å². The lowest BCUT2D eigenvalue weighted by Gasteiger charge is -2.44. The molecule has 17 heteroatoms. The second-order valence-electron chi connectivity index (χ2n) is 12.2. The lowest BCUT2D eigenvalue weighted by Crippen LogP contribution is -2.63. The van der Waals surface area contributed by atoms with Gasteiger partial charge < -0.3 is 30.2 Å². The van der Waals surface area contributed by atoms with Gasteiger partial charge in [0.1, 0.15) is 18.2 Å². The van der Waals surface area contributed by atoms with Crippen LogP contribution in [0.1, 0.15) is 24.0 Å². The summed E-state index contributed by atoms with van der Waals surface area (Å²) >= 11 is 0. The highest BCUT2D eigenvalue weighted by atomic mass is 19.3. The number of aromatic nitrogens is 5. The van der Waals surface area contributed by atoms with Crippen LogP contribution in [0.2, 0.25) is 0 Å². The van der Waals surface area contributed by atoms with Gasteiger partial charge in [-0.3, -0.25) is 4.98 Å². The number of benzene rings is 2. The number of hydrogen-bond donors (Lipinski definition) is 3. The van der Waals surface area contributed by atoms with Crippen LogP contribution in [0.25, 0.3) is 22.4 Å². The highest BCUT2D eigenvalue weighted by molar-refractivity contribution is 5.81. The maximum atomic E-state index is 15.2. The number of aliphatic hydroxyl groups is 1. The molecule has 1 saturated heterocycles. The first-order chi connectivity index (χ1) is 24.5. The zero-order chi connectivity index (χ0) is 36.3. The van der Waals surface area contributed by atoms with Crippen molar-refractivity contribution < 1.29 is 37.3 Å². The van der Waals surface area contributed by atoms with E-state index in [-0.39, 0.29) is 54.3 Å². The number of fused-ring (bicyclic) bond motifs is 1. The number of methoxy groups -OCH3 is 1. The molecule has 2 aromatic carbocycles. The molecule has 4 N–H and O–H groups in total. The Morgan fingerprint density at radius 3 is 2.61 bits per heavy atom. The smallest absolute Gasteiger partial charge is 0.330 e. The molecule has 3 aromatic heterocycles. The molecule has 0 bridgehead atoms. The molecule has 4 heterocycles. The highest BCUT2D eigenvalue weighted by Gasteiger charge is 2.43. The number of carboxylic acids is 1. The van der Waals surface area contributed by atoms with Gasteiger partial charge in [0.05, 0.1) is 43.1 Å². The van der Waals surface area contributed by atoms with E-state index in [1.165, 1.54) is 32.0 Å². The number of aliphatic hydroxyl groups excluding tert-OH is 1. The van der Waals surface area contributed by atoms with Gasteiger partial charge in [-0.1, -0.05) is 30.3 Å². The van der Waals surface area contributed by atoms with Gasteiger partial charge in [0, 0.05) is 31.1 Å². The summed E-state index contributed by atoms with van der Waals surface area (Å²) in [7, 11) is 1.21. The number of anilines is 1. The number of carboxylic acid groups (broad SMARTS) is 1. The Hall–Kier alpha value is -5.55. The molecule has 1 aliphatic rings. The van der Waals surface area contributed by atoms with Gasteiger partial charge >= 0.3 is 5.97 Å². The third-order valence-electron chi connectivity index (χ3n) is 8.78. The molecule has 1 aliphatic heterocycles. The van der Waals surface area contributed by atoms with Crippen molar-refractivity contribution in [2.75, 3.05) is 25.1 Å². The van der Waals surface area contributed by atoms with Crippen molar-refractivity contribution in [3.63, 3.8) is 0 Å². The number of nitrogens with two attached hydrogens (primary N) is 1. The first-order valence-corrected chi connectivity index (χ1v) is 15.8. The third kappa shape index (κ3) is 7.48. The normalized spacial score (nSPS) is 17.7. The summed E-state index contributed by atoms with van der Waals surface area (Å²) < 4.78 is 63.6. The fourth-order valence-corrected chi connectivity index (χ4v) is 6.12. The van der Waals surface area contributed by atoms with E-state index < -0.39 is 41.7 Å². The molecule has 1 unspecified atom stereocenters. The summed E-state index contributed by atoms with van der Waals surface area (Å²) in [5, 5.41) is 28.2. The van der Waals surface area contributed by atoms with Crippen LogP contribution in [-0.2, 0) is 17.8 Å². The van der Waals surface area contributed by atoms with Crippen LogP contribution in [0.15, 0.2) is 77.6 Å². The largest absolute Gasteiger partial charge is 0.494 e. The monoisotopic (exact) mass is 707 g/mol. The average molecular weight is 708 g/mol. The molecular formula is C34H33F4N9O4. The molecule has 5 aromatic rings. The van der Waals surface area contributed by atoms with Crippen molar-refractivity contribution in [2.45, 2.75) is 49.9 Å². The van der Waals surface area contributed by atoms with E-state index in [9.17, 15) is 28.2 Å². The average Bonchev–Trinajstić information content (AvgIpc) is 3.53. The number of nitrogens with zero attached hydrogens (tertiary/aromatic N) is 8. The fourth-order valence-electron chi connectivity index (χ4n) is 6.12. The van der Waals surface area contributed by atoms with Crippen molar-refractivity contribution in [3.05, 3.63) is 90.1 Å². The Labute approximate surface area is 288 Å². The first kappa shape index (κ1) is 35.3. The molecule has 0 spiro atoms. The minimum Gasteiger partial charge on any atom is -0.494 e. The minimum atomic E-state index is -3.06. The molecule has 13 nitrogen and oxygen atoms in total. The molecule has 6 rings (SSSR count). The highest BCUT2D eigenvalue weighted by Crippen LogP contribution is 2.35. The number of aliphatic carboxylic acids is 1. The lowest BCUT2D eigenvalue weighted by atomic mass is 9.84. The van der Waals surface area contributed by atoms with Crippen molar-refractivity contribution in [1.82, 2.24) is 24.5 Å². The van der Waals surface area contributed by atoms with Crippen LogP contribution in [0.4, 0.5) is 29.1 Å². The van der Waals surface area contributed by atoms with Crippen LogP contribution in [-0.4, -0.2) is 85.0 Å². The standard InChI is InChI=1S/C34H33F4N9O4/c1-51-27-13-22(35)21(12-23(27)36)24-11-20(26(14-40-24)46-9-5-8-34(39,16-46)29(48)30(37)38)15-47-18-43-28-31(41-17-42-32(28)47)45-44-25(33(49)50)10-19-6-3-2-4-7-19/h2-4,6-7,11-14,17-18,25,29-30,48H,5,8-10,15-16,39H2,1H3,(H,49,50)/t25?,29-,34-/m1/s1. The van der Waals surface area contributed by atoms with E-state index in [0.717, 1.165) is 17.7 Å². The van der Waals surface area contributed by atoms with Crippen molar-refractivity contribution >= 4 is 28.6 Å². The van der Waals surface area contributed by atoms with Gasteiger partial charge in [-0.15, -0.1) is 5.11 Å². The fraction of sp³-hybridized carbons (Fsp3) is 0.324. The number of hydrogen-bond acceptors (Lipinski definition) is 11. The first-order valence-electron chi connectivity index (χ1n) is 15.8. The number of rotatable bonds is 12. The van der Waals surface area contributed by atoms with Crippen LogP contribution in [0.5, 0.6) is 5.75 Å². The zero-order valence-electron chi connectivity index (χ0n) is 27.2. The van der Waals surface area contributed by atoms with Crippen LogP contribution < -0.4 is 15.4 Å². The van der Waals surface area contributed by atoms with Crippen LogP contribution in [0, 0.1) is 11.6 Å². The molecule has 3 atom stereocenters. The number of imidazole rings is 1. The number of azo groups is 1. The third-order valence-corrected chi connectivity index (χ3v) is 8.78. The van der Waals surface area contributed by atoms with Crippen LogP contribution in [0.3, 0.4) is 0 Å². The lowest BCUT2D eigenvalue weighted by molar-refractivity contribution is -0.138. The number of ether oxygens (including phenoxy) is 1. The van der Waals surface area contributed by atoms with E-state index in [2.05, 4.69) is 30.2 Å². The van der Waals surface area contributed by atoms with E-state index in [1.807, 2.05) is 6.07 Å². The summed E-state index contributed by atoms with van der Waals surface area (Å²) in [6.45, 7) is 0.273. The second-order valence-corrected chi connectivity index (χ2v) is 12.2. The Balaban J connectivity index is 1.37. The summed E-state index contributed by atoms with van der Waals surface area (Å²) in [6.07, 6.45) is -0.425. The predicted octanol–water partition coefficient (Wildman–Crippen LogP) is 4.93. The van der Waals surface area contributed by atoms with Gasteiger partial charge in [-0.05, 0) is 36.1 Å². The molecule has 51 heavy (non-hydrogen) atoms. The molecule has 0 amide bonds. The van der Waals surface area contributed by atoms with E-state index >= 15 is 4.39 Å². The van der Waals surface area contributed by atoms with Gasteiger partial charge in [0.15, 0.2) is 28.8 Å². The Morgan fingerprint density at radius 2 is 1.88 bits per heavy atom. The molecule has 0 radical (unpaired) electrons. The number of alkyl halides is 2. The van der Waals surface area contributed by atoms with E-state index in [4.69, 9.17) is 10.5 Å². The Kier molecular flexibility index (Phi) is 10.2. The Morgan fingerprint density at radius 1 is 1.10 bits per heavy atom. The maximum Gasteiger partial charge on any atom is 0.330 e. The molecule has 0 saturated carbocycles. The number of piperidine rings is 1. The van der Waals surface area contributed by atoms with Crippen molar-refractivity contribution in [2.24, 2.45) is 16.0 Å². The predicted molar refractivity (Wildman–Crippen MR) is 177 cm³/mol. The van der Waals surface area contributed by atoms with Gasteiger partial charge in [0.25, 0.3) is 6.43 Å². The second kappa shape index (κ2) is 14.7. The number of pyridine rings is 1. The van der Waals surface area contributed by atoms with Crippen molar-refractivity contribution in [3.8, 4) is 17.0 Å². The summed E-state index contributed by atoms with van der Waals surface area (Å²) in [5.74, 6) is -3.03. The molecule has 0 aliphatic carbocycles. The quantitative estimate of drug-likeness (QED) is 0.119. The summed E-state index contributed by atoms with van der Waals surface area (Å²) in [4.78, 5) is 31.0. The molecular weight excluding hydrogens is 674 g/mol. The molecule has 1 fully saturated rings. The SMILES string of the molecule is COc1cc(F)c(-c2cc(Cn3cnc4c(N=NC(Cc5ccccc5)C(=O)O)ncnc43)c(N3CCC[C@](N)([C@H](O)C(F)F)C3)cn2)cc1F. The van der Waals surface area contributed by atoms with E-state index in [1.54, 1.807) is 33.7 Å². The minimum absolute atomic E-state index is 0.0203. The summed E-state index contributed by atoms with van der Waals surface area (Å²) in [5.41, 5.74) is 6.82. The zero-order valence-corrected chi connectivity index (χ0v) is 27.2. The summed E-state index contributed by atoms with van der Waals surface area (Å²) in [6, 6.07) is 11.2. The van der Waals surface area contributed by atoms with Gasteiger partial charge in [0.2, 0.25) is 5.82 Å². The van der Waals surface area contributed by atoms with Crippen LogP contribution >= 0.6 is 0 Å². The molecule has 266 valence electrons. The Bertz CT molecular complexity index is 2070. The van der Waals surface area contributed by atoms with Gasteiger partial charge in [-0.2, -0.15) is 5.11 Å². The van der Waals surface area contributed by atoms with E-state index in [0.29, 0.717) is 29.9 Å². The maximum absolute atomic E-state index is 15.2. The van der Waals surface area contributed by atoms with Gasteiger partial charge in [-0.25, -0.2) is 37.3 Å².